The fourth-order valence-corrected chi connectivity index (χ4v) is 3.50. The van der Waals surface area contributed by atoms with Crippen molar-refractivity contribution >= 4 is 28.3 Å². The summed E-state index contributed by atoms with van der Waals surface area (Å²) in [5, 5.41) is 4.42. The Morgan fingerprint density at radius 3 is 2.61 bits per heavy atom. The van der Waals surface area contributed by atoms with Crippen LogP contribution in [0.25, 0.3) is 21.6 Å². The molecule has 2 N–H and O–H groups in total. The van der Waals surface area contributed by atoms with Crippen molar-refractivity contribution in [1.82, 2.24) is 15.0 Å². The quantitative estimate of drug-likeness (QED) is 0.577. The van der Waals surface area contributed by atoms with Crippen LogP contribution >= 0.6 is 11.3 Å². The molecule has 0 saturated carbocycles. The molecule has 0 fully saturated rings. The van der Waals surface area contributed by atoms with Gasteiger partial charge in [0.2, 0.25) is 5.95 Å². The first-order valence-corrected chi connectivity index (χ1v) is 8.31. The Balaban J connectivity index is 1.54. The highest BCUT2D eigenvalue weighted by Crippen LogP contribution is 2.28. The molecule has 4 rings (SSSR count). The van der Waals surface area contributed by atoms with Crippen molar-refractivity contribution < 1.29 is 0 Å². The van der Waals surface area contributed by atoms with Gasteiger partial charge in [-0.15, -0.1) is 11.3 Å². The van der Waals surface area contributed by atoms with Crippen LogP contribution < -0.4 is 5.32 Å². The number of rotatable bonds is 4. The van der Waals surface area contributed by atoms with E-state index in [4.69, 9.17) is 0 Å². The number of anilines is 1. The first-order valence-electron chi connectivity index (χ1n) is 7.50. The number of thiazole rings is 1. The highest BCUT2D eigenvalue weighted by molar-refractivity contribution is 7.15. The Kier molecular flexibility index (Phi) is 3.55. The zero-order valence-corrected chi connectivity index (χ0v) is 13.5. The Hall–Kier alpha value is -2.66. The van der Waals surface area contributed by atoms with Gasteiger partial charge in [-0.3, -0.25) is 0 Å². The SMILES string of the molecule is Cc1nc(-c2ccccc2)sc1CNc1nc2ccccc2[nH]1. The first-order chi connectivity index (χ1) is 11.3. The van der Waals surface area contributed by atoms with Crippen molar-refractivity contribution in [2.24, 2.45) is 0 Å². The topological polar surface area (TPSA) is 53.6 Å². The molecule has 0 spiro atoms. The Morgan fingerprint density at radius 1 is 1.00 bits per heavy atom. The van der Waals surface area contributed by atoms with E-state index in [0.717, 1.165) is 39.8 Å². The van der Waals surface area contributed by atoms with E-state index in [1.165, 1.54) is 4.88 Å². The molecule has 23 heavy (non-hydrogen) atoms. The number of imidazole rings is 1. The van der Waals surface area contributed by atoms with Gasteiger partial charge in [-0.25, -0.2) is 9.97 Å². The molecule has 0 aliphatic carbocycles. The summed E-state index contributed by atoms with van der Waals surface area (Å²) >= 11 is 1.72. The zero-order chi connectivity index (χ0) is 15.6. The van der Waals surface area contributed by atoms with Crippen molar-refractivity contribution in [1.29, 1.82) is 0 Å². The van der Waals surface area contributed by atoms with E-state index in [9.17, 15) is 0 Å². The van der Waals surface area contributed by atoms with Gasteiger partial charge in [0.25, 0.3) is 0 Å². The average Bonchev–Trinajstić information content (AvgIpc) is 3.16. The van der Waals surface area contributed by atoms with E-state index in [2.05, 4.69) is 39.3 Å². The highest BCUT2D eigenvalue weighted by atomic mass is 32.1. The molecule has 2 aromatic carbocycles. The lowest BCUT2D eigenvalue weighted by atomic mass is 10.2. The molecule has 0 radical (unpaired) electrons. The summed E-state index contributed by atoms with van der Waals surface area (Å²) in [5.74, 6) is 0.792. The van der Waals surface area contributed by atoms with Gasteiger partial charge in [0.15, 0.2) is 0 Å². The molecule has 0 aliphatic heterocycles. The molecule has 0 amide bonds. The fourth-order valence-electron chi connectivity index (χ4n) is 2.50. The number of aromatic nitrogens is 3. The summed E-state index contributed by atoms with van der Waals surface area (Å²) in [6.07, 6.45) is 0. The Bertz CT molecular complexity index is 907. The fraction of sp³-hybridized carbons (Fsp3) is 0.111. The van der Waals surface area contributed by atoms with Gasteiger partial charge in [-0.1, -0.05) is 42.5 Å². The number of para-hydroxylation sites is 2. The Morgan fingerprint density at radius 2 is 1.78 bits per heavy atom. The van der Waals surface area contributed by atoms with E-state index in [1.807, 2.05) is 42.5 Å². The number of nitrogens with one attached hydrogen (secondary N) is 2. The monoisotopic (exact) mass is 320 g/mol. The number of aryl methyl sites for hydroxylation is 1. The van der Waals surface area contributed by atoms with Crippen LogP contribution in [0.2, 0.25) is 0 Å². The van der Waals surface area contributed by atoms with E-state index in [-0.39, 0.29) is 0 Å². The zero-order valence-electron chi connectivity index (χ0n) is 12.7. The smallest absolute Gasteiger partial charge is 0.201 e. The molecule has 2 heterocycles. The molecule has 0 aliphatic rings. The lowest BCUT2D eigenvalue weighted by molar-refractivity contribution is 1.09. The molecule has 114 valence electrons. The van der Waals surface area contributed by atoms with E-state index in [0.29, 0.717) is 0 Å². The molecular formula is C18H16N4S. The molecule has 0 unspecified atom stereocenters. The van der Waals surface area contributed by atoms with Crippen molar-refractivity contribution in [2.45, 2.75) is 13.5 Å². The minimum Gasteiger partial charge on any atom is -0.351 e. The second-order valence-electron chi connectivity index (χ2n) is 5.35. The van der Waals surface area contributed by atoms with Gasteiger partial charge in [-0.2, -0.15) is 0 Å². The van der Waals surface area contributed by atoms with Crippen LogP contribution in [-0.2, 0) is 6.54 Å². The second kappa shape index (κ2) is 5.85. The van der Waals surface area contributed by atoms with Crippen LogP contribution in [-0.4, -0.2) is 15.0 Å². The van der Waals surface area contributed by atoms with E-state index in [1.54, 1.807) is 11.3 Å². The van der Waals surface area contributed by atoms with Gasteiger partial charge in [-0.05, 0) is 19.1 Å². The van der Waals surface area contributed by atoms with Crippen LogP contribution in [0.3, 0.4) is 0 Å². The summed E-state index contributed by atoms with van der Waals surface area (Å²) in [6.45, 7) is 2.77. The third-order valence-corrected chi connectivity index (χ3v) is 4.93. The second-order valence-corrected chi connectivity index (χ2v) is 6.43. The van der Waals surface area contributed by atoms with Crippen LogP contribution in [0.15, 0.2) is 54.6 Å². The van der Waals surface area contributed by atoms with Crippen molar-refractivity contribution in [3.63, 3.8) is 0 Å². The summed E-state index contributed by atoms with van der Waals surface area (Å²) in [5.41, 5.74) is 4.25. The maximum Gasteiger partial charge on any atom is 0.201 e. The largest absolute Gasteiger partial charge is 0.351 e. The number of fused-ring (bicyclic) bond motifs is 1. The first kappa shape index (κ1) is 14.0. The van der Waals surface area contributed by atoms with E-state index >= 15 is 0 Å². The molecule has 0 bridgehead atoms. The molecule has 0 saturated heterocycles. The third kappa shape index (κ3) is 2.83. The predicted octanol–water partition coefficient (Wildman–Crippen LogP) is 4.61. The van der Waals surface area contributed by atoms with Crippen molar-refractivity contribution in [3.8, 4) is 10.6 Å². The number of nitrogens with zero attached hydrogens (tertiary/aromatic N) is 2. The van der Waals surface area contributed by atoms with Crippen LogP contribution in [0.5, 0.6) is 0 Å². The number of H-pyrrole nitrogens is 1. The molecule has 4 nitrogen and oxygen atoms in total. The lowest BCUT2D eigenvalue weighted by Gasteiger charge is -2.00. The van der Waals surface area contributed by atoms with Crippen LogP contribution in [0.4, 0.5) is 5.95 Å². The van der Waals surface area contributed by atoms with Gasteiger partial charge < -0.3 is 10.3 Å². The Labute approximate surface area is 138 Å². The molecule has 2 aromatic heterocycles. The summed E-state index contributed by atoms with van der Waals surface area (Å²) in [6, 6.07) is 18.3. The minimum atomic E-state index is 0.718. The standard InChI is InChI=1S/C18H16N4S/c1-12-16(23-17(20-12)13-7-3-2-4-8-13)11-19-18-21-14-9-5-6-10-15(14)22-18/h2-10H,11H2,1H3,(H2,19,21,22). The van der Waals surface area contributed by atoms with Crippen LogP contribution in [0, 0.1) is 6.92 Å². The summed E-state index contributed by atoms with van der Waals surface area (Å²) in [7, 11) is 0. The minimum absolute atomic E-state index is 0.718. The lowest BCUT2D eigenvalue weighted by Crippen LogP contribution is -2.00. The molecular weight excluding hydrogens is 304 g/mol. The highest BCUT2D eigenvalue weighted by Gasteiger charge is 2.10. The average molecular weight is 320 g/mol. The van der Waals surface area contributed by atoms with Crippen molar-refractivity contribution in [2.75, 3.05) is 5.32 Å². The number of hydrogen-bond donors (Lipinski definition) is 2. The molecule has 0 atom stereocenters. The maximum absolute atomic E-state index is 4.68. The normalized spacial score (nSPS) is 11.0. The maximum atomic E-state index is 4.68. The third-order valence-electron chi connectivity index (χ3n) is 3.72. The van der Waals surface area contributed by atoms with Gasteiger partial charge in [0, 0.05) is 10.4 Å². The van der Waals surface area contributed by atoms with Crippen LogP contribution in [0.1, 0.15) is 10.6 Å². The summed E-state index contributed by atoms with van der Waals surface area (Å²) < 4.78 is 0. The number of hydrogen-bond acceptors (Lipinski definition) is 4. The van der Waals surface area contributed by atoms with E-state index < -0.39 is 0 Å². The molecule has 4 aromatic rings. The number of aromatic amines is 1. The summed E-state index contributed by atoms with van der Waals surface area (Å²) in [4.78, 5) is 13.7. The predicted molar refractivity (Wildman–Crippen MR) is 95.7 cm³/mol. The molecule has 5 heteroatoms. The van der Waals surface area contributed by atoms with Gasteiger partial charge in [0.1, 0.15) is 5.01 Å². The van der Waals surface area contributed by atoms with Crippen molar-refractivity contribution in [3.05, 3.63) is 65.2 Å². The van der Waals surface area contributed by atoms with Gasteiger partial charge in [0.05, 0.1) is 23.3 Å². The van der Waals surface area contributed by atoms with Gasteiger partial charge >= 0.3 is 0 Å². The number of benzene rings is 2.